The molecule has 2 heterocycles. The number of hydrogen-bond donors (Lipinski definition) is 0. The van der Waals surface area contributed by atoms with Crippen molar-refractivity contribution in [2.24, 2.45) is 5.41 Å². The number of carbonyl (C=O) groups excluding carboxylic acids is 1. The van der Waals surface area contributed by atoms with Crippen LogP contribution in [0.3, 0.4) is 0 Å². The molecule has 4 heteroatoms. The van der Waals surface area contributed by atoms with E-state index in [0.717, 1.165) is 26.2 Å². The smallest absolute Gasteiger partial charge is 0.319 e. The van der Waals surface area contributed by atoms with Crippen molar-refractivity contribution in [2.75, 3.05) is 47.3 Å². The molecular weight excluding hydrogens is 226 g/mol. The summed E-state index contributed by atoms with van der Waals surface area (Å²) < 4.78 is 0. The maximum atomic E-state index is 11.7. The summed E-state index contributed by atoms with van der Waals surface area (Å²) in [6.45, 7) is 12.2. The molecule has 0 aliphatic carbocycles. The molecule has 1 spiro atoms. The van der Waals surface area contributed by atoms with Crippen LogP contribution < -0.4 is 0 Å². The Morgan fingerprint density at radius 1 is 1.06 bits per heavy atom. The lowest BCUT2D eigenvalue weighted by Crippen LogP contribution is -2.56. The van der Waals surface area contributed by atoms with Crippen molar-refractivity contribution >= 4 is 6.03 Å². The molecule has 108 valence electrons. The van der Waals surface area contributed by atoms with Gasteiger partial charge in [-0.25, -0.2) is 4.79 Å². The molecule has 0 aromatic heterocycles. The number of hydrogen-bond acceptors (Lipinski definition) is 2. The van der Waals surface area contributed by atoms with E-state index in [0.29, 0.717) is 5.41 Å². The minimum absolute atomic E-state index is 0.163. The third kappa shape index (κ3) is 3.87. The summed E-state index contributed by atoms with van der Waals surface area (Å²) in [5, 5.41) is 0. The van der Waals surface area contributed by atoms with Crippen LogP contribution in [-0.2, 0) is 0 Å². The summed E-state index contributed by atoms with van der Waals surface area (Å²) >= 11 is 0. The first kappa shape index (κ1) is 17.2. The van der Waals surface area contributed by atoms with E-state index in [1.54, 1.807) is 4.90 Å². The van der Waals surface area contributed by atoms with Crippen molar-refractivity contribution in [3.05, 3.63) is 0 Å². The molecule has 0 atom stereocenters. The molecule has 2 fully saturated rings. The maximum absolute atomic E-state index is 11.7. The van der Waals surface area contributed by atoms with Gasteiger partial charge in [0.05, 0.1) is 0 Å². The van der Waals surface area contributed by atoms with Crippen molar-refractivity contribution < 1.29 is 4.79 Å². The van der Waals surface area contributed by atoms with E-state index < -0.39 is 0 Å². The molecule has 0 radical (unpaired) electrons. The van der Waals surface area contributed by atoms with Crippen molar-refractivity contribution in [1.82, 2.24) is 14.7 Å². The maximum Gasteiger partial charge on any atom is 0.319 e. The highest BCUT2D eigenvalue weighted by atomic mass is 16.2. The van der Waals surface area contributed by atoms with Crippen molar-refractivity contribution in [3.8, 4) is 0 Å². The van der Waals surface area contributed by atoms with E-state index in [1.165, 1.54) is 6.42 Å². The number of rotatable bonds is 0. The van der Waals surface area contributed by atoms with E-state index >= 15 is 0 Å². The summed E-state index contributed by atoms with van der Waals surface area (Å²) in [7, 11) is 5.78. The summed E-state index contributed by atoms with van der Waals surface area (Å²) in [4.78, 5) is 17.7. The van der Waals surface area contributed by atoms with Gasteiger partial charge in [0.25, 0.3) is 0 Å². The van der Waals surface area contributed by atoms with Gasteiger partial charge in [0.2, 0.25) is 0 Å². The summed E-state index contributed by atoms with van der Waals surface area (Å²) in [6, 6.07) is 0.163. The summed E-state index contributed by atoms with van der Waals surface area (Å²) in [5.41, 5.74) is 0.431. The van der Waals surface area contributed by atoms with Crippen molar-refractivity contribution in [3.63, 3.8) is 0 Å². The van der Waals surface area contributed by atoms with Gasteiger partial charge < -0.3 is 14.7 Å². The Morgan fingerprint density at radius 3 is 1.94 bits per heavy atom. The third-order valence-corrected chi connectivity index (χ3v) is 3.30. The largest absolute Gasteiger partial charge is 0.331 e. The average molecular weight is 257 g/mol. The minimum Gasteiger partial charge on any atom is -0.331 e. The van der Waals surface area contributed by atoms with E-state index in [9.17, 15) is 4.79 Å². The normalized spacial score (nSPS) is 20.3. The Bertz CT molecular complexity index is 247. The fourth-order valence-electron chi connectivity index (χ4n) is 2.74. The monoisotopic (exact) mass is 257 g/mol. The van der Waals surface area contributed by atoms with E-state index in [1.807, 2.05) is 46.7 Å². The quantitative estimate of drug-likeness (QED) is 0.666. The molecule has 0 N–H and O–H groups in total. The molecular formula is C14H31N3O. The lowest BCUT2D eigenvalue weighted by molar-refractivity contribution is 0.0326. The van der Waals surface area contributed by atoms with Crippen LogP contribution in [0.4, 0.5) is 4.79 Å². The van der Waals surface area contributed by atoms with Crippen LogP contribution in [0.25, 0.3) is 0 Å². The number of nitrogens with zero attached hydrogens (tertiary/aromatic N) is 3. The molecule has 0 saturated carbocycles. The molecule has 2 amide bonds. The van der Waals surface area contributed by atoms with Gasteiger partial charge in [-0.15, -0.1) is 0 Å². The lowest BCUT2D eigenvalue weighted by Gasteiger charge is -2.46. The zero-order valence-corrected chi connectivity index (χ0v) is 13.3. The Balaban J connectivity index is 0.000000659. The lowest BCUT2D eigenvalue weighted by atomic mass is 9.79. The highest BCUT2D eigenvalue weighted by molar-refractivity contribution is 5.74. The van der Waals surface area contributed by atoms with Crippen LogP contribution in [0.2, 0.25) is 0 Å². The number of amides is 2. The first-order valence-electron chi connectivity index (χ1n) is 7.17. The standard InChI is InChI=1S/C10H19N3O.2C2H6/c1-11(2)9(14)13-5-4-10(8-13)6-12(3)7-10;2*1-2/h4-8H2,1-3H3;2*1-2H3. The molecule has 2 saturated heterocycles. The van der Waals surface area contributed by atoms with E-state index in [2.05, 4.69) is 11.9 Å². The predicted molar refractivity (Wildman–Crippen MR) is 77.9 cm³/mol. The van der Waals surface area contributed by atoms with Crippen LogP contribution in [0.1, 0.15) is 34.1 Å². The Morgan fingerprint density at radius 2 is 1.56 bits per heavy atom. The average Bonchev–Trinajstić information content (AvgIpc) is 2.78. The molecule has 2 aliphatic heterocycles. The molecule has 2 rings (SSSR count). The van der Waals surface area contributed by atoms with Gasteiger partial charge in [0.15, 0.2) is 0 Å². The van der Waals surface area contributed by atoms with Gasteiger partial charge in [-0.3, -0.25) is 0 Å². The fraction of sp³-hybridized carbons (Fsp3) is 0.929. The zero-order chi connectivity index (χ0) is 14.3. The van der Waals surface area contributed by atoms with Crippen molar-refractivity contribution in [2.45, 2.75) is 34.1 Å². The molecule has 2 aliphatic rings. The second-order valence-electron chi connectivity index (χ2n) is 5.02. The molecule has 4 nitrogen and oxygen atoms in total. The highest BCUT2D eigenvalue weighted by Gasteiger charge is 2.47. The van der Waals surface area contributed by atoms with Gasteiger partial charge in [0.1, 0.15) is 0 Å². The summed E-state index contributed by atoms with van der Waals surface area (Å²) in [5.74, 6) is 0. The van der Waals surface area contributed by atoms with Gasteiger partial charge in [-0.1, -0.05) is 27.7 Å². The van der Waals surface area contributed by atoms with Crippen LogP contribution >= 0.6 is 0 Å². The molecule has 0 aromatic carbocycles. The number of urea groups is 1. The Hall–Kier alpha value is -0.770. The van der Waals surface area contributed by atoms with Crippen molar-refractivity contribution in [1.29, 1.82) is 0 Å². The first-order chi connectivity index (χ1) is 8.52. The van der Waals surface area contributed by atoms with E-state index in [-0.39, 0.29) is 6.03 Å². The van der Waals surface area contributed by atoms with Gasteiger partial charge in [0, 0.05) is 45.7 Å². The van der Waals surface area contributed by atoms with Crippen LogP contribution in [0.5, 0.6) is 0 Å². The second kappa shape index (κ2) is 7.62. The molecule has 0 aromatic rings. The SMILES string of the molecule is CC.CC.CN1CC2(CCN(C(=O)N(C)C)C2)C1. The predicted octanol–water partition coefficient (Wildman–Crippen LogP) is 2.36. The zero-order valence-electron chi connectivity index (χ0n) is 13.3. The van der Waals surface area contributed by atoms with Gasteiger partial charge in [-0.05, 0) is 13.5 Å². The number of carbonyl (C=O) groups is 1. The van der Waals surface area contributed by atoms with Gasteiger partial charge >= 0.3 is 6.03 Å². The molecule has 0 bridgehead atoms. The van der Waals surface area contributed by atoms with Crippen LogP contribution in [0, 0.1) is 5.41 Å². The van der Waals surface area contributed by atoms with Crippen LogP contribution in [0.15, 0.2) is 0 Å². The summed E-state index contributed by atoms with van der Waals surface area (Å²) in [6.07, 6.45) is 1.18. The molecule has 18 heavy (non-hydrogen) atoms. The van der Waals surface area contributed by atoms with Crippen LogP contribution in [-0.4, -0.2) is 68.1 Å². The first-order valence-corrected chi connectivity index (χ1v) is 7.17. The number of likely N-dealkylation sites (tertiary alicyclic amines) is 2. The topological polar surface area (TPSA) is 26.8 Å². The van der Waals surface area contributed by atoms with E-state index in [4.69, 9.17) is 0 Å². The Labute approximate surface area is 113 Å². The fourth-order valence-corrected chi connectivity index (χ4v) is 2.74. The third-order valence-electron chi connectivity index (χ3n) is 3.30. The highest BCUT2D eigenvalue weighted by Crippen LogP contribution is 2.38. The minimum atomic E-state index is 0.163. The molecule has 0 unspecified atom stereocenters. The Kier molecular flexibility index (Phi) is 7.29. The van der Waals surface area contributed by atoms with Gasteiger partial charge in [-0.2, -0.15) is 0 Å². The second-order valence-corrected chi connectivity index (χ2v) is 5.02.